The first-order valence-corrected chi connectivity index (χ1v) is 7.76. The fraction of sp³-hybridized carbons (Fsp3) is 0.688. The van der Waals surface area contributed by atoms with Crippen LogP contribution in [-0.2, 0) is 0 Å². The highest BCUT2D eigenvalue weighted by atomic mass is 16.3. The Morgan fingerprint density at radius 3 is 2.80 bits per heavy atom. The van der Waals surface area contributed by atoms with Crippen LogP contribution in [-0.4, -0.2) is 28.8 Å². The smallest absolute Gasteiger partial charge is 0.127 e. The molecule has 0 atom stereocenters. The molecule has 0 radical (unpaired) electrons. The van der Waals surface area contributed by atoms with E-state index in [4.69, 9.17) is 0 Å². The summed E-state index contributed by atoms with van der Waals surface area (Å²) in [5.41, 5.74) is 0.887. The average Bonchev–Trinajstić information content (AvgIpc) is 2.48. The van der Waals surface area contributed by atoms with Gasteiger partial charge in [-0.2, -0.15) is 0 Å². The topological polar surface area (TPSA) is 57.2 Å². The lowest BCUT2D eigenvalue weighted by molar-refractivity contribution is 0.155. The van der Waals surface area contributed by atoms with Crippen molar-refractivity contribution >= 4 is 11.5 Å². The van der Waals surface area contributed by atoms with Gasteiger partial charge in [0.1, 0.15) is 5.82 Å². The molecule has 112 valence electrons. The van der Waals surface area contributed by atoms with Crippen molar-refractivity contribution in [3.63, 3.8) is 0 Å². The third-order valence-corrected chi connectivity index (χ3v) is 4.26. The molecule has 0 aliphatic heterocycles. The highest BCUT2D eigenvalue weighted by Crippen LogP contribution is 2.34. The van der Waals surface area contributed by atoms with Crippen LogP contribution in [0.4, 0.5) is 11.5 Å². The summed E-state index contributed by atoms with van der Waals surface area (Å²) < 4.78 is 0. The molecule has 1 aromatic heterocycles. The fourth-order valence-corrected chi connectivity index (χ4v) is 2.80. The number of aromatic nitrogens is 1. The molecule has 1 saturated carbocycles. The van der Waals surface area contributed by atoms with Crippen molar-refractivity contribution in [3.05, 3.63) is 18.3 Å². The van der Waals surface area contributed by atoms with E-state index in [1.165, 1.54) is 12.8 Å². The first-order chi connectivity index (χ1) is 9.67. The predicted molar refractivity (Wildman–Crippen MR) is 84.1 cm³/mol. The van der Waals surface area contributed by atoms with Crippen LogP contribution < -0.4 is 10.6 Å². The fourth-order valence-electron chi connectivity index (χ4n) is 2.80. The quantitative estimate of drug-likeness (QED) is 0.747. The van der Waals surface area contributed by atoms with E-state index in [0.29, 0.717) is 0 Å². The Balaban J connectivity index is 2.03. The number of aliphatic hydroxyl groups is 1. The molecule has 1 heterocycles. The first-order valence-electron chi connectivity index (χ1n) is 7.76. The molecule has 3 N–H and O–H groups in total. The third-order valence-electron chi connectivity index (χ3n) is 4.26. The second-order valence-corrected chi connectivity index (χ2v) is 6.10. The molecule has 0 amide bonds. The van der Waals surface area contributed by atoms with Crippen LogP contribution in [0.15, 0.2) is 18.3 Å². The lowest BCUT2D eigenvalue weighted by atomic mass is 9.77. The van der Waals surface area contributed by atoms with Crippen molar-refractivity contribution in [2.45, 2.75) is 51.5 Å². The molecule has 0 spiro atoms. The highest BCUT2D eigenvalue weighted by Gasteiger charge is 2.33. The summed E-state index contributed by atoms with van der Waals surface area (Å²) in [4.78, 5) is 4.32. The zero-order chi connectivity index (χ0) is 14.4. The monoisotopic (exact) mass is 277 g/mol. The summed E-state index contributed by atoms with van der Waals surface area (Å²) in [6.07, 6.45) is 7.32. The summed E-state index contributed by atoms with van der Waals surface area (Å²) >= 11 is 0. The second kappa shape index (κ2) is 6.93. The van der Waals surface area contributed by atoms with E-state index in [0.717, 1.165) is 43.2 Å². The maximum absolute atomic E-state index is 9.81. The van der Waals surface area contributed by atoms with Crippen molar-refractivity contribution in [3.8, 4) is 0 Å². The number of hydrogen-bond acceptors (Lipinski definition) is 4. The van der Waals surface area contributed by atoms with Gasteiger partial charge in [0.15, 0.2) is 0 Å². The van der Waals surface area contributed by atoms with E-state index in [1.54, 1.807) is 0 Å². The maximum atomic E-state index is 9.81. The van der Waals surface area contributed by atoms with Gasteiger partial charge in [0.05, 0.1) is 12.1 Å². The number of nitrogens with zero attached hydrogens (tertiary/aromatic N) is 1. The molecule has 1 aromatic rings. The Bertz CT molecular complexity index is 414. The van der Waals surface area contributed by atoms with E-state index in [1.807, 2.05) is 18.3 Å². The molecule has 0 aromatic carbocycles. The molecule has 1 aliphatic rings. The van der Waals surface area contributed by atoms with Gasteiger partial charge in [-0.25, -0.2) is 4.98 Å². The minimum absolute atomic E-state index is 0.157. The Morgan fingerprint density at radius 1 is 1.40 bits per heavy atom. The van der Waals surface area contributed by atoms with Gasteiger partial charge in [-0.1, -0.05) is 13.8 Å². The Hall–Kier alpha value is -1.29. The van der Waals surface area contributed by atoms with Gasteiger partial charge in [0, 0.05) is 24.5 Å². The number of pyridine rings is 1. The number of anilines is 2. The number of hydrogen-bond donors (Lipinski definition) is 3. The molecule has 2 rings (SSSR count). The van der Waals surface area contributed by atoms with Crippen molar-refractivity contribution in [1.29, 1.82) is 0 Å². The summed E-state index contributed by atoms with van der Waals surface area (Å²) in [5, 5.41) is 16.7. The molecule has 20 heavy (non-hydrogen) atoms. The van der Waals surface area contributed by atoms with Gasteiger partial charge in [0.2, 0.25) is 0 Å². The van der Waals surface area contributed by atoms with Gasteiger partial charge >= 0.3 is 0 Å². The Labute approximate surface area is 122 Å². The molecule has 1 aliphatic carbocycles. The molecule has 4 nitrogen and oxygen atoms in total. The standard InChI is InChI=1S/C16H27N3O/c1-3-9-17-15-11-14(6-10-18-15)19-16(12-20)7-4-13(2)5-8-16/h6,10-11,13,20H,3-5,7-9,12H2,1-2H3,(H2,17,18,19). The minimum Gasteiger partial charge on any atom is -0.394 e. The SMILES string of the molecule is CCCNc1cc(NC2(CO)CCC(C)CC2)ccn1. The van der Waals surface area contributed by atoms with E-state index < -0.39 is 0 Å². The Kier molecular flexibility index (Phi) is 5.24. The van der Waals surface area contributed by atoms with Crippen molar-refractivity contribution in [2.75, 3.05) is 23.8 Å². The van der Waals surface area contributed by atoms with Crippen LogP contribution in [0.3, 0.4) is 0 Å². The van der Waals surface area contributed by atoms with Gasteiger partial charge in [0.25, 0.3) is 0 Å². The third kappa shape index (κ3) is 3.85. The van der Waals surface area contributed by atoms with Crippen molar-refractivity contribution in [1.82, 2.24) is 4.98 Å². The lowest BCUT2D eigenvalue weighted by Crippen LogP contribution is -2.45. The van der Waals surface area contributed by atoms with Gasteiger partial charge in [-0.05, 0) is 44.1 Å². The lowest BCUT2D eigenvalue weighted by Gasteiger charge is -2.39. The largest absolute Gasteiger partial charge is 0.394 e. The summed E-state index contributed by atoms with van der Waals surface area (Å²) in [7, 11) is 0. The molecule has 0 bridgehead atoms. The van der Waals surface area contributed by atoms with Crippen LogP contribution in [0.25, 0.3) is 0 Å². The number of aliphatic hydroxyl groups excluding tert-OH is 1. The normalized spacial score (nSPS) is 26.2. The predicted octanol–water partition coefficient (Wildman–Crippen LogP) is 3.26. The van der Waals surface area contributed by atoms with Gasteiger partial charge in [-0.3, -0.25) is 0 Å². The molecule has 0 unspecified atom stereocenters. The van der Waals surface area contributed by atoms with Crippen LogP contribution in [0.1, 0.15) is 46.0 Å². The average molecular weight is 277 g/mol. The highest BCUT2D eigenvalue weighted by molar-refractivity contribution is 5.53. The first kappa shape index (κ1) is 15.1. The summed E-state index contributed by atoms with van der Waals surface area (Å²) in [5.74, 6) is 1.67. The minimum atomic E-state index is -0.157. The zero-order valence-corrected chi connectivity index (χ0v) is 12.7. The number of rotatable bonds is 6. The molecule has 0 saturated heterocycles. The van der Waals surface area contributed by atoms with E-state index >= 15 is 0 Å². The van der Waals surface area contributed by atoms with Crippen LogP contribution in [0.5, 0.6) is 0 Å². The van der Waals surface area contributed by atoms with Crippen LogP contribution in [0, 0.1) is 5.92 Å². The summed E-state index contributed by atoms with van der Waals surface area (Å²) in [6, 6.07) is 4.01. The van der Waals surface area contributed by atoms with Gasteiger partial charge in [-0.15, -0.1) is 0 Å². The summed E-state index contributed by atoms with van der Waals surface area (Å²) in [6.45, 7) is 5.55. The Morgan fingerprint density at radius 2 is 2.15 bits per heavy atom. The van der Waals surface area contributed by atoms with Crippen molar-refractivity contribution in [2.24, 2.45) is 5.92 Å². The van der Waals surface area contributed by atoms with E-state index in [-0.39, 0.29) is 12.1 Å². The molecular weight excluding hydrogens is 250 g/mol. The van der Waals surface area contributed by atoms with Crippen molar-refractivity contribution < 1.29 is 5.11 Å². The molecule has 1 fully saturated rings. The maximum Gasteiger partial charge on any atom is 0.127 e. The van der Waals surface area contributed by atoms with Gasteiger partial charge < -0.3 is 15.7 Å². The van der Waals surface area contributed by atoms with Crippen LogP contribution >= 0.6 is 0 Å². The van der Waals surface area contributed by atoms with E-state index in [2.05, 4.69) is 29.5 Å². The van der Waals surface area contributed by atoms with Crippen LogP contribution in [0.2, 0.25) is 0 Å². The number of nitrogens with one attached hydrogen (secondary N) is 2. The molecular formula is C16H27N3O. The van der Waals surface area contributed by atoms with E-state index in [9.17, 15) is 5.11 Å². The second-order valence-electron chi connectivity index (χ2n) is 6.10. The molecule has 4 heteroatoms. The zero-order valence-electron chi connectivity index (χ0n) is 12.7.